The molecule has 0 aromatic rings. The maximum Gasteiger partial charge on any atom is 0.136 e. The average molecular weight is 146 g/mol. The van der Waals surface area contributed by atoms with Crippen molar-refractivity contribution in [2.75, 3.05) is 0 Å². The van der Waals surface area contributed by atoms with Crippen molar-refractivity contribution in [2.45, 2.75) is 6.92 Å². The zero-order valence-corrected chi connectivity index (χ0v) is 6.45. The Balaban J connectivity index is 1.78. The molecule has 6 aliphatic carbocycles. The minimum Gasteiger partial charge on any atom is -0.299 e. The molecule has 0 unspecified atom stereocenters. The summed E-state index contributed by atoms with van der Waals surface area (Å²) in [5.41, 5.74) is 0.328. The molecule has 11 heavy (non-hydrogen) atoms. The van der Waals surface area contributed by atoms with E-state index in [4.69, 9.17) is 0 Å². The van der Waals surface area contributed by atoms with Gasteiger partial charge in [0.1, 0.15) is 5.78 Å². The van der Waals surface area contributed by atoms with Crippen LogP contribution in [0.5, 0.6) is 0 Å². The first-order valence-electron chi connectivity index (χ1n) is 4.82. The van der Waals surface area contributed by atoms with Gasteiger partial charge in [0.2, 0.25) is 0 Å². The topological polar surface area (TPSA) is 17.1 Å². The molecular weight excluding hydrogens is 136 g/mol. The highest BCUT2D eigenvalue weighted by molar-refractivity contribution is 5.91. The normalized spacial score (nSPS) is 88.3. The fraction of sp³-hybridized carbons (Fsp3) is 0.900. The monoisotopic (exact) mass is 146 g/mol. The second-order valence-electron chi connectivity index (χ2n) is 5.38. The second kappa shape index (κ2) is 0.826. The Hall–Kier alpha value is -0.330. The Bertz CT molecular complexity index is 279. The molecule has 0 heterocycles. The molecule has 1 heteroatoms. The highest BCUT2D eigenvalue weighted by Crippen LogP contribution is 3.05. The van der Waals surface area contributed by atoms with Gasteiger partial charge in [-0.25, -0.2) is 0 Å². The van der Waals surface area contributed by atoms with Crippen molar-refractivity contribution in [3.63, 3.8) is 0 Å². The lowest BCUT2D eigenvalue weighted by atomic mass is 8.96. The van der Waals surface area contributed by atoms with E-state index in [0.29, 0.717) is 11.2 Å². The van der Waals surface area contributed by atoms with Crippen LogP contribution in [0.2, 0.25) is 0 Å². The van der Waals surface area contributed by atoms with Crippen LogP contribution in [0.3, 0.4) is 0 Å². The second-order valence-corrected chi connectivity index (χ2v) is 5.38. The van der Waals surface area contributed by atoms with Gasteiger partial charge in [0, 0.05) is 5.41 Å². The van der Waals surface area contributed by atoms with Crippen LogP contribution in [0.15, 0.2) is 0 Å². The van der Waals surface area contributed by atoms with E-state index >= 15 is 0 Å². The molecule has 56 valence electrons. The maximum atomic E-state index is 11.4. The first kappa shape index (κ1) is 4.64. The van der Waals surface area contributed by atoms with Crippen LogP contribution in [-0.4, -0.2) is 5.78 Å². The van der Waals surface area contributed by atoms with E-state index in [0.717, 1.165) is 41.4 Å². The van der Waals surface area contributed by atoms with E-state index in [1.54, 1.807) is 0 Å². The van der Waals surface area contributed by atoms with Gasteiger partial charge in [0.05, 0.1) is 0 Å². The molecule has 0 amide bonds. The minimum absolute atomic E-state index is 0.328. The first-order chi connectivity index (χ1) is 5.31. The van der Waals surface area contributed by atoms with Crippen LogP contribution in [-0.2, 0) is 4.79 Å². The van der Waals surface area contributed by atoms with Crippen LogP contribution in [0.25, 0.3) is 0 Å². The lowest BCUT2D eigenvalue weighted by Gasteiger charge is -3.07. The highest BCUT2D eigenvalue weighted by atomic mass is 16.1. The summed E-state index contributed by atoms with van der Waals surface area (Å²) in [5, 5.41) is 0. The predicted octanol–water partition coefficient (Wildman–Crippen LogP) is 0.943. The SMILES string of the molecule is CC(=O)C12C3C4C5C3C1C5C42. The number of rotatable bonds is 1. The van der Waals surface area contributed by atoms with Gasteiger partial charge in [0.15, 0.2) is 0 Å². The van der Waals surface area contributed by atoms with Crippen molar-refractivity contribution in [3.8, 4) is 0 Å². The van der Waals surface area contributed by atoms with Crippen LogP contribution < -0.4 is 0 Å². The molecule has 6 fully saturated rings. The van der Waals surface area contributed by atoms with E-state index in [-0.39, 0.29) is 0 Å². The molecule has 0 aliphatic heterocycles. The molecular formula is C10H10O. The van der Waals surface area contributed by atoms with E-state index in [1.807, 2.05) is 6.92 Å². The van der Waals surface area contributed by atoms with Gasteiger partial charge in [-0.3, -0.25) is 4.79 Å². The summed E-state index contributed by atoms with van der Waals surface area (Å²) < 4.78 is 0. The number of carbonyl (C=O) groups excluding carboxylic acids is 1. The lowest BCUT2D eigenvalue weighted by molar-refractivity contribution is -0.595. The molecule has 0 radical (unpaired) electrons. The molecule has 0 bridgehead atoms. The van der Waals surface area contributed by atoms with Gasteiger partial charge in [0.25, 0.3) is 0 Å². The number of hydrogen-bond acceptors (Lipinski definition) is 1. The summed E-state index contributed by atoms with van der Waals surface area (Å²) >= 11 is 0. The Morgan fingerprint density at radius 3 is 1.73 bits per heavy atom. The third kappa shape index (κ3) is 0.160. The molecule has 6 rings (SSSR count). The van der Waals surface area contributed by atoms with Crippen LogP contribution in [0, 0.1) is 46.8 Å². The van der Waals surface area contributed by atoms with E-state index in [1.165, 1.54) is 0 Å². The van der Waals surface area contributed by atoms with Gasteiger partial charge < -0.3 is 0 Å². The summed E-state index contributed by atoms with van der Waals surface area (Å²) in [6.45, 7) is 1.83. The molecule has 6 saturated carbocycles. The Morgan fingerprint density at radius 1 is 1.00 bits per heavy atom. The van der Waals surface area contributed by atoms with Gasteiger partial charge in [-0.05, 0) is 48.3 Å². The third-order valence-corrected chi connectivity index (χ3v) is 6.09. The highest BCUT2D eigenvalue weighted by Gasteiger charge is 3.05. The van der Waals surface area contributed by atoms with Crippen molar-refractivity contribution in [3.05, 3.63) is 0 Å². The van der Waals surface area contributed by atoms with Crippen molar-refractivity contribution < 1.29 is 4.79 Å². The fourth-order valence-electron chi connectivity index (χ4n) is 6.14. The Morgan fingerprint density at radius 2 is 1.45 bits per heavy atom. The van der Waals surface area contributed by atoms with Gasteiger partial charge in [-0.2, -0.15) is 0 Å². The summed E-state index contributed by atoms with van der Waals surface area (Å²) in [7, 11) is 0. The quantitative estimate of drug-likeness (QED) is 0.538. The van der Waals surface area contributed by atoms with Crippen molar-refractivity contribution in [1.82, 2.24) is 0 Å². The van der Waals surface area contributed by atoms with E-state index in [2.05, 4.69) is 0 Å². The number of ketones is 1. The molecule has 6 aliphatic rings. The summed E-state index contributed by atoms with van der Waals surface area (Å²) in [4.78, 5) is 11.4. The molecule has 1 nitrogen and oxygen atoms in total. The molecule has 0 atom stereocenters. The molecule has 0 aromatic heterocycles. The molecule has 0 saturated heterocycles. The largest absolute Gasteiger partial charge is 0.299 e. The van der Waals surface area contributed by atoms with Gasteiger partial charge in [-0.15, -0.1) is 0 Å². The van der Waals surface area contributed by atoms with E-state index < -0.39 is 0 Å². The number of hydrogen-bond donors (Lipinski definition) is 0. The van der Waals surface area contributed by atoms with Crippen molar-refractivity contribution >= 4 is 5.78 Å². The van der Waals surface area contributed by atoms with Gasteiger partial charge >= 0.3 is 0 Å². The fourth-order valence-corrected chi connectivity index (χ4v) is 6.14. The molecule has 0 aromatic carbocycles. The Labute approximate surface area is 65.2 Å². The lowest BCUT2D eigenvalue weighted by Crippen LogP contribution is -3.06. The summed E-state index contributed by atoms with van der Waals surface area (Å²) in [5.74, 6) is 7.66. The number of Topliss-reactive ketones (excluding diaryl/α,β-unsaturated/α-hetero) is 1. The maximum absolute atomic E-state index is 11.4. The zero-order valence-electron chi connectivity index (χ0n) is 6.45. The zero-order chi connectivity index (χ0) is 7.12. The van der Waals surface area contributed by atoms with Crippen LogP contribution in [0.1, 0.15) is 6.92 Å². The van der Waals surface area contributed by atoms with Crippen LogP contribution in [0.4, 0.5) is 0 Å². The van der Waals surface area contributed by atoms with Crippen LogP contribution >= 0.6 is 0 Å². The first-order valence-corrected chi connectivity index (χ1v) is 4.82. The standard InChI is InChI=1S/C10H10O/c1-2(11)10-7-4-3-5(7)9(10)6(3)8(4)10/h3-9H,1H3. The number of carbonyl (C=O) groups is 1. The minimum atomic E-state index is 0.328. The average Bonchev–Trinajstić information content (AvgIpc) is 2.05. The Kier molecular flexibility index (Phi) is 0.348. The third-order valence-electron chi connectivity index (χ3n) is 6.09. The van der Waals surface area contributed by atoms with Crippen molar-refractivity contribution in [2.24, 2.45) is 46.8 Å². The molecule has 0 spiro atoms. The van der Waals surface area contributed by atoms with E-state index in [9.17, 15) is 4.79 Å². The summed E-state index contributed by atoms with van der Waals surface area (Å²) in [6, 6.07) is 0. The van der Waals surface area contributed by atoms with Crippen molar-refractivity contribution in [1.29, 1.82) is 0 Å². The smallest absolute Gasteiger partial charge is 0.136 e. The molecule has 0 N–H and O–H groups in total. The van der Waals surface area contributed by atoms with Gasteiger partial charge in [-0.1, -0.05) is 0 Å². The predicted molar refractivity (Wildman–Crippen MR) is 37.5 cm³/mol. The summed E-state index contributed by atoms with van der Waals surface area (Å²) in [6.07, 6.45) is 0.